The zero-order valence-corrected chi connectivity index (χ0v) is 16.4. The highest BCUT2D eigenvalue weighted by Gasteiger charge is 2.41. The van der Waals surface area contributed by atoms with Gasteiger partial charge in [-0.2, -0.15) is 4.31 Å². The van der Waals surface area contributed by atoms with Gasteiger partial charge in [-0.3, -0.25) is 9.59 Å². The first-order chi connectivity index (χ1) is 13.4. The number of nitrogens with zero attached hydrogens (tertiary/aromatic N) is 2. The number of benzene rings is 2. The lowest BCUT2D eigenvalue weighted by Crippen LogP contribution is -2.40. The van der Waals surface area contributed by atoms with Crippen LogP contribution >= 0.6 is 0 Å². The highest BCUT2D eigenvalue weighted by molar-refractivity contribution is 7.89. The first-order valence-corrected chi connectivity index (χ1v) is 10.9. The molecule has 0 bridgehead atoms. The van der Waals surface area contributed by atoms with Gasteiger partial charge in [0.1, 0.15) is 6.04 Å². The van der Waals surface area contributed by atoms with Gasteiger partial charge in [0.05, 0.1) is 10.6 Å². The van der Waals surface area contributed by atoms with Gasteiger partial charge in [-0.05, 0) is 37.5 Å². The van der Waals surface area contributed by atoms with Gasteiger partial charge < -0.3 is 10.0 Å². The molecule has 1 N–H and O–H groups in total. The lowest BCUT2D eigenvalue weighted by atomic mass is 10.1. The number of amides is 1. The average Bonchev–Trinajstić information content (AvgIpc) is 3.27. The summed E-state index contributed by atoms with van der Waals surface area (Å²) in [4.78, 5) is 26.1. The second-order valence-corrected chi connectivity index (χ2v) is 9.09. The number of unbranched alkanes of at least 4 members (excludes halogenated alkanes) is 1. The molecular formula is C20H22N2O5S. The first kappa shape index (κ1) is 18.9. The number of carbonyl (C=O) groups is 2. The van der Waals surface area contributed by atoms with Crippen LogP contribution in [0.2, 0.25) is 0 Å². The highest BCUT2D eigenvalue weighted by atomic mass is 32.2. The van der Waals surface area contributed by atoms with E-state index < -0.39 is 22.0 Å². The van der Waals surface area contributed by atoms with Crippen LogP contribution in [0.25, 0.3) is 10.8 Å². The molecule has 0 aliphatic carbocycles. The van der Waals surface area contributed by atoms with E-state index in [0.717, 1.165) is 22.8 Å². The Labute approximate surface area is 163 Å². The minimum Gasteiger partial charge on any atom is -0.480 e. The van der Waals surface area contributed by atoms with Gasteiger partial charge in [-0.1, -0.05) is 25.5 Å². The van der Waals surface area contributed by atoms with Crippen LogP contribution < -0.4 is 4.90 Å². The molecule has 8 heteroatoms. The summed E-state index contributed by atoms with van der Waals surface area (Å²) in [6, 6.07) is 7.22. The van der Waals surface area contributed by atoms with Crippen LogP contribution in [0.5, 0.6) is 0 Å². The van der Waals surface area contributed by atoms with Crippen LogP contribution in [-0.4, -0.2) is 48.8 Å². The summed E-state index contributed by atoms with van der Waals surface area (Å²) in [6.07, 6.45) is 2.62. The normalized spacial score (nSPS) is 19.7. The number of carboxylic acid groups (broad SMARTS) is 1. The predicted octanol–water partition coefficient (Wildman–Crippen LogP) is 2.84. The highest BCUT2D eigenvalue weighted by Crippen LogP contribution is 2.41. The van der Waals surface area contributed by atoms with E-state index in [2.05, 4.69) is 0 Å². The lowest BCUT2D eigenvalue weighted by molar-refractivity contribution is -0.140. The second kappa shape index (κ2) is 6.86. The lowest BCUT2D eigenvalue weighted by Gasteiger charge is -2.22. The monoisotopic (exact) mass is 402 g/mol. The molecule has 2 aliphatic rings. The number of carboxylic acids is 1. The Kier molecular flexibility index (Phi) is 4.63. The quantitative estimate of drug-likeness (QED) is 0.802. The largest absolute Gasteiger partial charge is 0.480 e. The molecule has 2 heterocycles. The summed E-state index contributed by atoms with van der Waals surface area (Å²) in [5.74, 6) is -1.25. The fourth-order valence-electron chi connectivity index (χ4n) is 4.18. The maximum Gasteiger partial charge on any atom is 0.322 e. The predicted molar refractivity (Wildman–Crippen MR) is 105 cm³/mol. The van der Waals surface area contributed by atoms with E-state index in [1.807, 2.05) is 6.92 Å². The van der Waals surface area contributed by atoms with E-state index in [1.54, 1.807) is 29.2 Å². The van der Waals surface area contributed by atoms with Crippen LogP contribution in [0.4, 0.5) is 5.69 Å². The SMILES string of the molecule is CCCCN1C(=O)c2cccc3c(S(=O)(=O)N4CCC[C@H]4C(=O)O)ccc1c23. The van der Waals surface area contributed by atoms with Crippen LogP contribution in [0.1, 0.15) is 43.0 Å². The number of carbonyl (C=O) groups excluding carboxylic acids is 1. The van der Waals surface area contributed by atoms with E-state index in [9.17, 15) is 23.1 Å². The van der Waals surface area contributed by atoms with Crippen molar-refractivity contribution in [1.82, 2.24) is 4.31 Å². The molecule has 148 valence electrons. The molecule has 0 aromatic heterocycles. The van der Waals surface area contributed by atoms with Crippen molar-refractivity contribution in [2.24, 2.45) is 0 Å². The van der Waals surface area contributed by atoms with Crippen LogP contribution in [-0.2, 0) is 14.8 Å². The molecule has 28 heavy (non-hydrogen) atoms. The van der Waals surface area contributed by atoms with Crippen molar-refractivity contribution >= 4 is 38.4 Å². The summed E-state index contributed by atoms with van der Waals surface area (Å²) in [6.45, 7) is 2.82. The topological polar surface area (TPSA) is 95.0 Å². The second-order valence-electron chi connectivity index (χ2n) is 7.23. The molecule has 0 radical (unpaired) electrons. The van der Waals surface area contributed by atoms with Gasteiger partial charge in [-0.25, -0.2) is 8.42 Å². The molecule has 2 aromatic rings. The summed E-state index contributed by atoms with van der Waals surface area (Å²) < 4.78 is 27.7. The Morgan fingerprint density at radius 3 is 2.75 bits per heavy atom. The van der Waals surface area contributed by atoms with Crippen LogP contribution in [0, 0.1) is 0 Å². The van der Waals surface area contributed by atoms with Crippen LogP contribution in [0.3, 0.4) is 0 Å². The third-order valence-electron chi connectivity index (χ3n) is 5.56. The molecule has 1 saturated heterocycles. The molecule has 4 rings (SSSR count). The summed E-state index contributed by atoms with van der Waals surface area (Å²) in [7, 11) is -3.99. The zero-order valence-electron chi connectivity index (χ0n) is 15.6. The molecule has 1 fully saturated rings. The minimum atomic E-state index is -3.99. The zero-order chi connectivity index (χ0) is 20.1. The van der Waals surface area contributed by atoms with Gasteiger partial charge in [0.2, 0.25) is 10.0 Å². The van der Waals surface area contributed by atoms with Crippen molar-refractivity contribution in [3.63, 3.8) is 0 Å². The third-order valence-corrected chi connectivity index (χ3v) is 7.52. The molecule has 7 nitrogen and oxygen atoms in total. The Morgan fingerprint density at radius 2 is 2.04 bits per heavy atom. The molecule has 0 spiro atoms. The maximum atomic E-state index is 13.3. The first-order valence-electron chi connectivity index (χ1n) is 9.50. The number of anilines is 1. The molecule has 2 aromatic carbocycles. The van der Waals surface area contributed by atoms with Crippen molar-refractivity contribution in [2.45, 2.75) is 43.5 Å². The Morgan fingerprint density at radius 1 is 1.25 bits per heavy atom. The van der Waals surface area contributed by atoms with Crippen molar-refractivity contribution in [3.05, 3.63) is 35.9 Å². The van der Waals surface area contributed by atoms with E-state index in [-0.39, 0.29) is 17.3 Å². The van der Waals surface area contributed by atoms with Crippen LogP contribution in [0.15, 0.2) is 35.2 Å². The third kappa shape index (κ3) is 2.70. The number of aliphatic carboxylic acids is 1. The number of hydrogen-bond donors (Lipinski definition) is 1. The smallest absolute Gasteiger partial charge is 0.322 e. The number of hydrogen-bond acceptors (Lipinski definition) is 4. The van der Waals surface area contributed by atoms with E-state index in [4.69, 9.17) is 0 Å². The molecule has 0 unspecified atom stereocenters. The fraction of sp³-hybridized carbons (Fsp3) is 0.400. The average molecular weight is 402 g/mol. The maximum absolute atomic E-state index is 13.3. The summed E-state index contributed by atoms with van der Waals surface area (Å²) in [5, 5.41) is 10.5. The summed E-state index contributed by atoms with van der Waals surface area (Å²) >= 11 is 0. The molecular weight excluding hydrogens is 380 g/mol. The van der Waals surface area contributed by atoms with Crippen molar-refractivity contribution in [3.8, 4) is 0 Å². The van der Waals surface area contributed by atoms with E-state index >= 15 is 0 Å². The van der Waals surface area contributed by atoms with Crippen molar-refractivity contribution < 1.29 is 23.1 Å². The summed E-state index contributed by atoms with van der Waals surface area (Å²) in [5.41, 5.74) is 1.22. The number of rotatable bonds is 6. The van der Waals surface area contributed by atoms with E-state index in [1.165, 1.54) is 6.07 Å². The number of sulfonamides is 1. The van der Waals surface area contributed by atoms with E-state index in [0.29, 0.717) is 35.7 Å². The Balaban J connectivity index is 1.87. The standard InChI is InChI=1S/C20H22N2O5S/c1-2-3-11-21-15-9-10-17(13-6-4-7-14(18(13)15)19(21)23)28(26,27)22-12-5-8-16(22)20(24)25/h4,6-7,9-10,16H,2-3,5,8,11-12H2,1H3,(H,24,25)/t16-/m0/s1. The van der Waals surface area contributed by atoms with Gasteiger partial charge in [0.25, 0.3) is 5.91 Å². The minimum absolute atomic E-state index is 0.0615. The van der Waals surface area contributed by atoms with Gasteiger partial charge in [-0.15, -0.1) is 0 Å². The fourth-order valence-corrected chi connectivity index (χ4v) is 6.02. The van der Waals surface area contributed by atoms with Crippen molar-refractivity contribution in [2.75, 3.05) is 18.0 Å². The van der Waals surface area contributed by atoms with Gasteiger partial charge in [0.15, 0.2) is 0 Å². The van der Waals surface area contributed by atoms with Crippen molar-refractivity contribution in [1.29, 1.82) is 0 Å². The molecule has 1 atom stereocenters. The van der Waals surface area contributed by atoms with Gasteiger partial charge in [0, 0.05) is 29.4 Å². The molecule has 2 aliphatic heterocycles. The van der Waals surface area contributed by atoms with Gasteiger partial charge >= 0.3 is 5.97 Å². The molecule has 1 amide bonds. The Bertz CT molecular complexity index is 1080. The molecule has 0 saturated carbocycles. The Hall–Kier alpha value is -2.45.